The highest BCUT2D eigenvalue weighted by Gasteiger charge is 2.39. The summed E-state index contributed by atoms with van der Waals surface area (Å²) in [4.78, 5) is 42.8. The number of nitrogens with one attached hydrogen (secondary N) is 2. The quantitative estimate of drug-likeness (QED) is 0.477. The number of halogens is 2. The van der Waals surface area contributed by atoms with E-state index in [4.69, 9.17) is 4.74 Å². The number of H-pyrrole nitrogens is 1. The number of benzene rings is 1. The first-order chi connectivity index (χ1) is 15.3. The zero-order valence-electron chi connectivity index (χ0n) is 16.1. The minimum atomic E-state index is -1.88. The number of pyridine rings is 1. The SMILES string of the molecule is O=C(Nc1ccc(-c2noc(=O)[nH]2)cc1)[C@H](O)[C@H]1OCCN(c2cnc(F)c(F)c2)C1=O. The van der Waals surface area contributed by atoms with Crippen LogP contribution >= 0.6 is 0 Å². The fourth-order valence-electron chi connectivity index (χ4n) is 3.07. The van der Waals surface area contributed by atoms with Gasteiger partial charge in [0.2, 0.25) is 5.95 Å². The Labute approximate surface area is 177 Å². The molecule has 2 atom stereocenters. The van der Waals surface area contributed by atoms with Crippen LogP contribution in [0.1, 0.15) is 0 Å². The molecule has 3 heterocycles. The second-order valence-corrected chi connectivity index (χ2v) is 6.70. The van der Waals surface area contributed by atoms with Crippen LogP contribution < -0.4 is 16.0 Å². The van der Waals surface area contributed by atoms with Crippen LogP contribution in [-0.4, -0.2) is 57.4 Å². The van der Waals surface area contributed by atoms with Gasteiger partial charge in [0.1, 0.15) is 0 Å². The molecule has 1 aliphatic heterocycles. The van der Waals surface area contributed by atoms with Crippen molar-refractivity contribution < 1.29 is 32.7 Å². The summed E-state index contributed by atoms with van der Waals surface area (Å²) in [6.45, 7) is -0.0492. The lowest BCUT2D eigenvalue weighted by Gasteiger charge is -2.33. The summed E-state index contributed by atoms with van der Waals surface area (Å²) in [5, 5.41) is 16.4. The Morgan fingerprint density at radius 2 is 2.03 bits per heavy atom. The maximum atomic E-state index is 13.5. The molecule has 0 saturated carbocycles. The van der Waals surface area contributed by atoms with Crippen molar-refractivity contribution in [2.24, 2.45) is 0 Å². The molecule has 2 amide bonds. The molecule has 1 aliphatic rings. The molecular weight excluding hydrogens is 432 g/mol. The lowest BCUT2D eigenvalue weighted by molar-refractivity contribution is -0.150. The van der Waals surface area contributed by atoms with E-state index in [9.17, 15) is 28.3 Å². The van der Waals surface area contributed by atoms with Crippen LogP contribution in [-0.2, 0) is 14.3 Å². The highest BCUT2D eigenvalue weighted by molar-refractivity contribution is 6.03. The van der Waals surface area contributed by atoms with Crippen molar-refractivity contribution in [2.75, 3.05) is 23.4 Å². The lowest BCUT2D eigenvalue weighted by atomic mass is 10.1. The van der Waals surface area contributed by atoms with E-state index in [-0.39, 0.29) is 30.4 Å². The first-order valence-electron chi connectivity index (χ1n) is 9.23. The number of hydrogen-bond acceptors (Lipinski definition) is 8. The largest absolute Gasteiger partial charge is 0.439 e. The van der Waals surface area contributed by atoms with Gasteiger partial charge in [-0.05, 0) is 24.3 Å². The molecule has 1 aromatic carbocycles. The first kappa shape index (κ1) is 21.3. The number of anilines is 2. The molecule has 0 spiro atoms. The zero-order chi connectivity index (χ0) is 22.8. The standard InChI is InChI=1S/C19H15F2N5O6/c20-12-7-11(8-22-15(12)21)26-5-6-31-14(18(26)29)13(27)17(28)23-10-3-1-9(2-4-10)16-24-19(30)32-25-16/h1-4,7-8,13-14,27H,5-6H2,(H,23,28)(H,24,25,30)/t13-,14-/m1/s1. The molecule has 1 saturated heterocycles. The summed E-state index contributed by atoms with van der Waals surface area (Å²) in [7, 11) is 0. The third-order valence-corrected chi connectivity index (χ3v) is 4.64. The number of carbonyl (C=O) groups is 2. The van der Waals surface area contributed by atoms with Crippen molar-refractivity contribution in [3.05, 3.63) is 58.8 Å². The number of ether oxygens (including phenoxy) is 1. The van der Waals surface area contributed by atoms with E-state index >= 15 is 0 Å². The molecule has 32 heavy (non-hydrogen) atoms. The van der Waals surface area contributed by atoms with Crippen LogP contribution in [0.15, 0.2) is 45.8 Å². The average molecular weight is 447 g/mol. The molecule has 11 nitrogen and oxygen atoms in total. The van der Waals surface area contributed by atoms with E-state index in [0.717, 1.165) is 17.2 Å². The highest BCUT2D eigenvalue weighted by atomic mass is 19.2. The van der Waals surface area contributed by atoms with Crippen LogP contribution in [0.4, 0.5) is 20.2 Å². The Bertz CT molecular complexity index is 1210. The monoisotopic (exact) mass is 447 g/mol. The number of aromatic amines is 1. The normalized spacial score (nSPS) is 17.3. The van der Waals surface area contributed by atoms with Crippen molar-refractivity contribution in [3.63, 3.8) is 0 Å². The van der Waals surface area contributed by atoms with E-state index in [0.29, 0.717) is 5.56 Å². The van der Waals surface area contributed by atoms with Crippen molar-refractivity contribution in [1.82, 2.24) is 15.1 Å². The number of aliphatic hydroxyl groups excluding tert-OH is 1. The van der Waals surface area contributed by atoms with Gasteiger partial charge in [-0.15, -0.1) is 0 Å². The number of rotatable bonds is 5. The van der Waals surface area contributed by atoms with Gasteiger partial charge in [0.25, 0.3) is 11.8 Å². The predicted molar refractivity (Wildman–Crippen MR) is 103 cm³/mol. The van der Waals surface area contributed by atoms with Gasteiger partial charge in [-0.1, -0.05) is 5.16 Å². The fraction of sp³-hybridized carbons (Fsp3) is 0.211. The number of aromatic nitrogens is 3. The van der Waals surface area contributed by atoms with Crippen LogP contribution in [0, 0.1) is 11.8 Å². The molecule has 3 N–H and O–H groups in total. The van der Waals surface area contributed by atoms with E-state index < -0.39 is 41.5 Å². The Morgan fingerprint density at radius 1 is 1.28 bits per heavy atom. The van der Waals surface area contributed by atoms with Crippen molar-refractivity contribution in [3.8, 4) is 11.4 Å². The van der Waals surface area contributed by atoms with E-state index in [1.54, 1.807) is 0 Å². The second-order valence-electron chi connectivity index (χ2n) is 6.70. The smallest absolute Gasteiger partial charge is 0.380 e. The number of nitrogens with zero attached hydrogens (tertiary/aromatic N) is 3. The second kappa shape index (κ2) is 8.64. The lowest BCUT2D eigenvalue weighted by Crippen LogP contribution is -2.55. The fourth-order valence-corrected chi connectivity index (χ4v) is 3.07. The third kappa shape index (κ3) is 4.24. The van der Waals surface area contributed by atoms with Crippen LogP contribution in [0.2, 0.25) is 0 Å². The summed E-state index contributed by atoms with van der Waals surface area (Å²) >= 11 is 0. The van der Waals surface area contributed by atoms with Gasteiger partial charge in [-0.25, -0.2) is 14.2 Å². The van der Waals surface area contributed by atoms with Crippen LogP contribution in [0.5, 0.6) is 0 Å². The number of amides is 2. The van der Waals surface area contributed by atoms with Gasteiger partial charge in [-0.3, -0.25) is 19.1 Å². The summed E-state index contributed by atoms with van der Waals surface area (Å²) < 4.78 is 36.2. The van der Waals surface area contributed by atoms with Crippen molar-refractivity contribution in [1.29, 1.82) is 0 Å². The van der Waals surface area contributed by atoms with E-state index in [2.05, 4.69) is 25.0 Å². The van der Waals surface area contributed by atoms with Gasteiger partial charge in [0.05, 0.1) is 18.5 Å². The van der Waals surface area contributed by atoms with Crippen LogP contribution in [0.25, 0.3) is 11.4 Å². The molecule has 166 valence electrons. The molecule has 3 aromatic rings. The molecule has 1 fully saturated rings. The Hall–Kier alpha value is -3.97. The first-order valence-corrected chi connectivity index (χ1v) is 9.23. The van der Waals surface area contributed by atoms with Crippen molar-refractivity contribution >= 4 is 23.2 Å². The summed E-state index contributed by atoms with van der Waals surface area (Å²) in [6, 6.07) is 6.83. The summed E-state index contributed by atoms with van der Waals surface area (Å²) in [6.07, 6.45) is -2.47. The molecule has 0 radical (unpaired) electrons. The van der Waals surface area contributed by atoms with Crippen molar-refractivity contribution in [2.45, 2.75) is 12.2 Å². The average Bonchev–Trinajstić information content (AvgIpc) is 3.22. The van der Waals surface area contributed by atoms with Gasteiger partial charge >= 0.3 is 5.76 Å². The van der Waals surface area contributed by atoms with E-state index in [1.165, 1.54) is 24.3 Å². The molecule has 0 unspecified atom stereocenters. The summed E-state index contributed by atoms with van der Waals surface area (Å²) in [5.41, 5.74) is 0.765. The molecule has 0 bridgehead atoms. The van der Waals surface area contributed by atoms with Crippen LogP contribution in [0.3, 0.4) is 0 Å². The Morgan fingerprint density at radius 3 is 2.69 bits per heavy atom. The number of hydrogen-bond donors (Lipinski definition) is 3. The van der Waals surface area contributed by atoms with Gasteiger partial charge < -0.3 is 20.1 Å². The maximum Gasteiger partial charge on any atom is 0.439 e. The Kier molecular flexibility index (Phi) is 5.75. The Balaban J connectivity index is 1.44. The molecule has 2 aromatic heterocycles. The topological polar surface area (TPSA) is 151 Å². The summed E-state index contributed by atoms with van der Waals surface area (Å²) in [5.74, 6) is -4.80. The minimum Gasteiger partial charge on any atom is -0.380 e. The van der Waals surface area contributed by atoms with Gasteiger partial charge in [0, 0.05) is 23.9 Å². The highest BCUT2D eigenvalue weighted by Crippen LogP contribution is 2.22. The molecule has 13 heteroatoms. The zero-order valence-corrected chi connectivity index (χ0v) is 16.1. The minimum absolute atomic E-state index is 0.00201. The molecule has 0 aliphatic carbocycles. The maximum absolute atomic E-state index is 13.5. The number of morpholine rings is 1. The molecule has 4 rings (SSSR count). The number of aliphatic hydroxyl groups is 1. The predicted octanol–water partition coefficient (Wildman–Crippen LogP) is 0.434. The third-order valence-electron chi connectivity index (χ3n) is 4.64. The number of carbonyl (C=O) groups excluding carboxylic acids is 2. The molecular formula is C19H15F2N5O6. The van der Waals surface area contributed by atoms with Gasteiger partial charge in [0.15, 0.2) is 23.8 Å². The van der Waals surface area contributed by atoms with Gasteiger partial charge in [-0.2, -0.15) is 4.39 Å². The van der Waals surface area contributed by atoms with E-state index in [1.807, 2.05) is 0 Å².